The van der Waals surface area contributed by atoms with E-state index >= 15 is 0 Å². The fraction of sp³-hybridized carbons (Fsp3) is 0.867. The second kappa shape index (κ2) is 7.07. The Bertz CT molecular complexity index is 346. The maximum atomic E-state index is 11.8. The SMILES string of the molecule is O=C(CC1(C(=O)O)CCC1)NCCCOC1CCCC1. The zero-order chi connectivity index (χ0) is 14.4. The van der Waals surface area contributed by atoms with Crippen LogP contribution in [0.5, 0.6) is 0 Å². The summed E-state index contributed by atoms with van der Waals surface area (Å²) in [5, 5.41) is 12.0. The Morgan fingerprint density at radius 1 is 1.20 bits per heavy atom. The molecule has 0 aromatic carbocycles. The second-order valence-electron chi connectivity index (χ2n) is 6.10. The Labute approximate surface area is 120 Å². The van der Waals surface area contributed by atoms with Crippen molar-refractivity contribution in [1.29, 1.82) is 0 Å². The monoisotopic (exact) mass is 283 g/mol. The van der Waals surface area contributed by atoms with Gasteiger partial charge in [-0.05, 0) is 32.1 Å². The minimum atomic E-state index is -0.830. The molecule has 0 radical (unpaired) electrons. The summed E-state index contributed by atoms with van der Waals surface area (Å²) in [4.78, 5) is 22.9. The summed E-state index contributed by atoms with van der Waals surface area (Å²) < 4.78 is 5.71. The Kier molecular flexibility index (Phi) is 5.40. The van der Waals surface area contributed by atoms with Gasteiger partial charge in [0.1, 0.15) is 0 Å². The van der Waals surface area contributed by atoms with E-state index in [1.807, 2.05) is 0 Å². The van der Waals surface area contributed by atoms with Gasteiger partial charge in [0, 0.05) is 19.6 Å². The highest BCUT2D eigenvalue weighted by Crippen LogP contribution is 2.44. The van der Waals surface area contributed by atoms with Crippen molar-refractivity contribution in [3.63, 3.8) is 0 Å². The number of amides is 1. The van der Waals surface area contributed by atoms with Gasteiger partial charge in [-0.2, -0.15) is 0 Å². The predicted octanol–water partition coefficient (Wildman–Crippen LogP) is 2.10. The highest BCUT2D eigenvalue weighted by atomic mass is 16.5. The minimum absolute atomic E-state index is 0.117. The standard InChI is InChI=1S/C15H25NO4/c17-13(11-15(14(18)19)7-3-8-15)16-9-4-10-20-12-5-1-2-6-12/h12H,1-11H2,(H,16,17)(H,18,19). The number of nitrogens with one attached hydrogen (secondary N) is 1. The summed E-state index contributed by atoms with van der Waals surface area (Å²) in [6.07, 6.45) is 8.33. The molecule has 2 saturated carbocycles. The van der Waals surface area contributed by atoms with Crippen LogP contribution >= 0.6 is 0 Å². The Morgan fingerprint density at radius 2 is 1.90 bits per heavy atom. The number of carbonyl (C=O) groups excluding carboxylic acids is 1. The molecule has 20 heavy (non-hydrogen) atoms. The summed E-state index contributed by atoms with van der Waals surface area (Å²) in [6.45, 7) is 1.25. The number of hydrogen-bond acceptors (Lipinski definition) is 3. The Morgan fingerprint density at radius 3 is 2.45 bits per heavy atom. The van der Waals surface area contributed by atoms with Crippen LogP contribution in [0.1, 0.15) is 57.8 Å². The number of carbonyl (C=O) groups is 2. The second-order valence-corrected chi connectivity index (χ2v) is 6.10. The zero-order valence-electron chi connectivity index (χ0n) is 12.0. The van der Waals surface area contributed by atoms with Crippen LogP contribution in [0, 0.1) is 5.41 Å². The van der Waals surface area contributed by atoms with Crippen LogP contribution in [0.2, 0.25) is 0 Å². The maximum absolute atomic E-state index is 11.8. The van der Waals surface area contributed by atoms with Crippen molar-refractivity contribution < 1.29 is 19.4 Å². The molecule has 0 spiro atoms. The molecular weight excluding hydrogens is 258 g/mol. The topological polar surface area (TPSA) is 75.6 Å². The molecular formula is C15H25NO4. The molecule has 0 unspecified atom stereocenters. The van der Waals surface area contributed by atoms with Gasteiger partial charge in [-0.3, -0.25) is 9.59 Å². The molecule has 0 aliphatic heterocycles. The average Bonchev–Trinajstić information content (AvgIpc) is 2.86. The van der Waals surface area contributed by atoms with Crippen molar-refractivity contribution in [3.05, 3.63) is 0 Å². The third-order valence-electron chi connectivity index (χ3n) is 4.56. The largest absolute Gasteiger partial charge is 0.481 e. The third kappa shape index (κ3) is 3.95. The van der Waals surface area contributed by atoms with Gasteiger partial charge >= 0.3 is 5.97 Å². The van der Waals surface area contributed by atoms with E-state index in [4.69, 9.17) is 9.84 Å². The molecule has 5 nitrogen and oxygen atoms in total. The lowest BCUT2D eigenvalue weighted by molar-refractivity contribution is -0.157. The van der Waals surface area contributed by atoms with Gasteiger partial charge in [0.2, 0.25) is 5.91 Å². The molecule has 5 heteroatoms. The molecule has 0 aromatic heterocycles. The van der Waals surface area contributed by atoms with E-state index in [0.29, 0.717) is 32.1 Å². The lowest BCUT2D eigenvalue weighted by atomic mass is 9.66. The van der Waals surface area contributed by atoms with Crippen LogP contribution in [-0.2, 0) is 14.3 Å². The molecule has 1 amide bonds. The van der Waals surface area contributed by atoms with Gasteiger partial charge in [-0.25, -0.2) is 0 Å². The third-order valence-corrected chi connectivity index (χ3v) is 4.56. The number of rotatable bonds is 8. The number of carboxylic acids is 1. The Balaban J connectivity index is 1.54. The molecule has 0 heterocycles. The molecule has 0 bridgehead atoms. The zero-order valence-corrected chi connectivity index (χ0v) is 12.0. The van der Waals surface area contributed by atoms with Crippen molar-refractivity contribution in [3.8, 4) is 0 Å². The van der Waals surface area contributed by atoms with Gasteiger partial charge in [0.15, 0.2) is 0 Å². The van der Waals surface area contributed by atoms with Crippen LogP contribution in [0.25, 0.3) is 0 Å². The highest BCUT2D eigenvalue weighted by molar-refractivity contribution is 5.85. The van der Waals surface area contributed by atoms with Crippen LogP contribution in [-0.4, -0.2) is 36.2 Å². The maximum Gasteiger partial charge on any atom is 0.310 e. The normalized spacial score (nSPS) is 21.4. The summed E-state index contributed by atoms with van der Waals surface area (Å²) in [7, 11) is 0. The van der Waals surface area contributed by atoms with Crippen molar-refractivity contribution in [2.24, 2.45) is 5.41 Å². The molecule has 2 fully saturated rings. The number of ether oxygens (including phenoxy) is 1. The summed E-state index contributed by atoms with van der Waals surface area (Å²) >= 11 is 0. The van der Waals surface area contributed by atoms with Gasteiger partial charge < -0.3 is 15.2 Å². The quantitative estimate of drug-likeness (QED) is 0.669. The van der Waals surface area contributed by atoms with Crippen molar-refractivity contribution in [1.82, 2.24) is 5.32 Å². The van der Waals surface area contributed by atoms with E-state index in [2.05, 4.69) is 5.32 Å². The van der Waals surface area contributed by atoms with Crippen LogP contribution in [0.4, 0.5) is 0 Å². The van der Waals surface area contributed by atoms with Crippen LogP contribution < -0.4 is 5.32 Å². The average molecular weight is 283 g/mol. The molecule has 114 valence electrons. The number of carboxylic acid groups (broad SMARTS) is 1. The van der Waals surface area contributed by atoms with Crippen LogP contribution in [0.15, 0.2) is 0 Å². The fourth-order valence-electron chi connectivity index (χ4n) is 3.04. The number of hydrogen-bond donors (Lipinski definition) is 2. The van der Waals surface area contributed by atoms with Crippen LogP contribution in [0.3, 0.4) is 0 Å². The predicted molar refractivity (Wildman–Crippen MR) is 74.4 cm³/mol. The van der Waals surface area contributed by atoms with Crippen molar-refractivity contribution in [2.75, 3.05) is 13.2 Å². The first kappa shape index (κ1) is 15.3. The molecule has 2 aliphatic rings. The van der Waals surface area contributed by atoms with E-state index in [1.54, 1.807) is 0 Å². The molecule has 0 atom stereocenters. The summed E-state index contributed by atoms with van der Waals surface area (Å²) in [5.41, 5.74) is -0.787. The molecule has 0 aromatic rings. The van der Waals surface area contributed by atoms with E-state index < -0.39 is 11.4 Å². The summed E-state index contributed by atoms with van der Waals surface area (Å²) in [6, 6.07) is 0. The first-order valence-corrected chi connectivity index (χ1v) is 7.74. The molecule has 2 rings (SSSR count). The minimum Gasteiger partial charge on any atom is -0.481 e. The van der Waals surface area contributed by atoms with Gasteiger partial charge in [-0.1, -0.05) is 19.3 Å². The van der Waals surface area contributed by atoms with Crippen molar-refractivity contribution >= 4 is 11.9 Å². The lowest BCUT2D eigenvalue weighted by Gasteiger charge is -2.36. The van der Waals surface area contributed by atoms with Gasteiger partial charge in [0.25, 0.3) is 0 Å². The molecule has 2 N–H and O–H groups in total. The smallest absolute Gasteiger partial charge is 0.310 e. The van der Waals surface area contributed by atoms with Crippen molar-refractivity contribution in [2.45, 2.75) is 63.9 Å². The molecule has 0 saturated heterocycles. The highest BCUT2D eigenvalue weighted by Gasteiger charge is 2.45. The van der Waals surface area contributed by atoms with E-state index in [1.165, 1.54) is 12.8 Å². The lowest BCUT2D eigenvalue weighted by Crippen LogP contribution is -2.42. The van der Waals surface area contributed by atoms with Gasteiger partial charge in [0.05, 0.1) is 11.5 Å². The Hall–Kier alpha value is -1.10. The summed E-state index contributed by atoms with van der Waals surface area (Å²) in [5.74, 6) is -0.976. The van der Waals surface area contributed by atoms with E-state index in [-0.39, 0.29) is 12.3 Å². The fourth-order valence-corrected chi connectivity index (χ4v) is 3.04. The molecule has 2 aliphatic carbocycles. The number of aliphatic carboxylic acids is 1. The van der Waals surface area contributed by atoms with E-state index in [0.717, 1.165) is 25.7 Å². The van der Waals surface area contributed by atoms with E-state index in [9.17, 15) is 9.59 Å². The first-order valence-electron chi connectivity index (χ1n) is 7.74. The first-order chi connectivity index (χ1) is 9.62. The van der Waals surface area contributed by atoms with Gasteiger partial charge in [-0.15, -0.1) is 0 Å².